The third-order valence-electron chi connectivity index (χ3n) is 2.02. The number of benzene rings is 1. The largest absolute Gasteiger partial charge is 0.573 e. The van der Waals surface area contributed by atoms with Crippen molar-refractivity contribution in [2.75, 3.05) is 7.11 Å². The number of ether oxygens (including phenoxy) is 2. The van der Waals surface area contributed by atoms with E-state index in [1.165, 1.54) is 6.07 Å². The number of methoxy groups -OCH3 is 1. The molecule has 0 bridgehead atoms. The minimum Gasteiger partial charge on any atom is -0.465 e. The molecule has 0 aliphatic heterocycles. The number of nitro groups is 1. The molecule has 0 spiro atoms. The van der Waals surface area contributed by atoms with Crippen LogP contribution in [0.15, 0.2) is 12.1 Å². The summed E-state index contributed by atoms with van der Waals surface area (Å²) in [5.41, 5.74) is -2.51. The Bertz CT molecular complexity index is 606. The van der Waals surface area contributed by atoms with Crippen molar-refractivity contribution in [1.29, 1.82) is 5.26 Å². The predicted octanol–water partition coefficient (Wildman–Crippen LogP) is 2.15. The maximum Gasteiger partial charge on any atom is 0.573 e. The van der Waals surface area contributed by atoms with E-state index in [-0.39, 0.29) is 0 Å². The SMILES string of the molecule is COC(=O)c1c(OC(F)(F)F)cc(C#N)cc1[N+](=O)[O-]. The number of nitro benzene ring substituents is 1. The van der Waals surface area contributed by atoms with E-state index in [1.54, 1.807) is 0 Å². The zero-order valence-corrected chi connectivity index (χ0v) is 9.72. The lowest BCUT2D eigenvalue weighted by Crippen LogP contribution is -2.20. The third kappa shape index (κ3) is 3.35. The highest BCUT2D eigenvalue weighted by Gasteiger charge is 2.36. The normalized spacial score (nSPS) is 10.6. The van der Waals surface area contributed by atoms with E-state index < -0.39 is 39.8 Å². The Balaban J connectivity index is 3.60. The van der Waals surface area contributed by atoms with Crippen LogP contribution in [0.5, 0.6) is 5.75 Å². The number of halogens is 3. The molecule has 0 unspecified atom stereocenters. The van der Waals surface area contributed by atoms with E-state index >= 15 is 0 Å². The molecule has 0 heterocycles. The maximum absolute atomic E-state index is 12.2. The molecule has 1 aromatic carbocycles. The van der Waals surface area contributed by atoms with Crippen molar-refractivity contribution in [3.05, 3.63) is 33.4 Å². The minimum atomic E-state index is -5.19. The third-order valence-corrected chi connectivity index (χ3v) is 2.02. The zero-order chi connectivity index (χ0) is 15.5. The Hall–Kier alpha value is -2.83. The molecular formula is C10H5F3N2O5. The Kier molecular flexibility index (Phi) is 4.14. The molecule has 0 N–H and O–H groups in total. The van der Waals surface area contributed by atoms with Gasteiger partial charge in [-0.15, -0.1) is 13.2 Å². The van der Waals surface area contributed by atoms with E-state index in [0.717, 1.165) is 7.11 Å². The number of esters is 1. The average Bonchev–Trinajstić information content (AvgIpc) is 2.34. The molecule has 10 heteroatoms. The molecule has 0 atom stereocenters. The Labute approximate surface area is 109 Å². The second-order valence-electron chi connectivity index (χ2n) is 3.28. The van der Waals surface area contributed by atoms with Crippen LogP contribution >= 0.6 is 0 Å². The number of carbonyl (C=O) groups is 1. The number of alkyl halides is 3. The lowest BCUT2D eigenvalue weighted by atomic mass is 10.1. The summed E-state index contributed by atoms with van der Waals surface area (Å²) in [4.78, 5) is 21.1. The molecule has 7 nitrogen and oxygen atoms in total. The van der Waals surface area contributed by atoms with Crippen LogP contribution in [0.4, 0.5) is 18.9 Å². The van der Waals surface area contributed by atoms with E-state index in [0.29, 0.717) is 12.1 Å². The summed E-state index contributed by atoms with van der Waals surface area (Å²) in [7, 11) is 0.835. The molecule has 0 aliphatic carbocycles. The minimum absolute atomic E-state index is 0.469. The van der Waals surface area contributed by atoms with Crippen molar-refractivity contribution in [3.63, 3.8) is 0 Å². The quantitative estimate of drug-likeness (QED) is 0.480. The topological polar surface area (TPSA) is 102 Å². The van der Waals surface area contributed by atoms with Crippen molar-refractivity contribution in [2.45, 2.75) is 6.36 Å². The summed E-state index contributed by atoms with van der Waals surface area (Å²) < 4.78 is 44.4. The molecule has 106 valence electrons. The van der Waals surface area contributed by atoms with Crippen molar-refractivity contribution < 1.29 is 32.4 Å². The highest BCUT2D eigenvalue weighted by molar-refractivity contribution is 5.97. The number of hydrogen-bond acceptors (Lipinski definition) is 6. The standard InChI is InChI=1S/C10H5F3N2O5/c1-19-9(16)8-6(15(17)18)2-5(4-14)3-7(8)20-10(11,12)13/h2-3H,1H3. The van der Waals surface area contributed by atoms with Gasteiger partial charge in [0.1, 0.15) is 0 Å². The molecule has 0 aliphatic rings. The second-order valence-corrected chi connectivity index (χ2v) is 3.28. The van der Waals surface area contributed by atoms with E-state index in [9.17, 15) is 28.1 Å². The molecule has 1 rings (SSSR count). The molecule has 0 aromatic heterocycles. The van der Waals surface area contributed by atoms with Gasteiger partial charge in [0.2, 0.25) is 0 Å². The van der Waals surface area contributed by atoms with Gasteiger partial charge < -0.3 is 9.47 Å². The molecule has 0 fully saturated rings. The van der Waals surface area contributed by atoms with Crippen LogP contribution in [0.3, 0.4) is 0 Å². The molecule has 0 saturated heterocycles. The number of nitriles is 1. The first-order valence-corrected chi connectivity index (χ1v) is 4.76. The second kappa shape index (κ2) is 5.43. The van der Waals surface area contributed by atoms with Crippen LogP contribution < -0.4 is 4.74 Å². The van der Waals surface area contributed by atoms with Crippen LogP contribution in [-0.4, -0.2) is 24.4 Å². The summed E-state index contributed by atoms with van der Waals surface area (Å²) in [6.07, 6.45) is -5.19. The van der Waals surface area contributed by atoms with Crippen LogP contribution in [0, 0.1) is 21.4 Å². The van der Waals surface area contributed by atoms with Crippen LogP contribution in [-0.2, 0) is 4.74 Å². The first kappa shape index (κ1) is 15.2. The number of hydrogen-bond donors (Lipinski definition) is 0. The van der Waals surface area contributed by atoms with Gasteiger partial charge in [-0.2, -0.15) is 5.26 Å². The molecular weight excluding hydrogens is 285 g/mol. The smallest absolute Gasteiger partial charge is 0.465 e. The molecule has 0 saturated carbocycles. The van der Waals surface area contributed by atoms with Gasteiger partial charge >= 0.3 is 12.3 Å². The molecule has 0 radical (unpaired) electrons. The van der Waals surface area contributed by atoms with Crippen LogP contribution in [0.25, 0.3) is 0 Å². The van der Waals surface area contributed by atoms with Crippen molar-refractivity contribution in [2.24, 2.45) is 0 Å². The number of carbonyl (C=O) groups excluding carboxylic acids is 1. The van der Waals surface area contributed by atoms with Gasteiger partial charge in [0.15, 0.2) is 11.3 Å². The van der Waals surface area contributed by atoms with Crippen molar-refractivity contribution in [1.82, 2.24) is 0 Å². The van der Waals surface area contributed by atoms with Crippen LogP contribution in [0.1, 0.15) is 15.9 Å². The molecule has 0 amide bonds. The fourth-order valence-corrected chi connectivity index (χ4v) is 1.32. The summed E-state index contributed by atoms with van der Waals surface area (Å²) in [5, 5.41) is 19.4. The average molecular weight is 290 g/mol. The maximum atomic E-state index is 12.2. The Morgan fingerprint density at radius 2 is 2.05 bits per heavy atom. The Morgan fingerprint density at radius 1 is 1.45 bits per heavy atom. The number of nitrogens with zero attached hydrogens (tertiary/aromatic N) is 2. The lowest BCUT2D eigenvalue weighted by Gasteiger charge is -2.12. The summed E-state index contributed by atoms with van der Waals surface area (Å²) >= 11 is 0. The first-order chi connectivity index (χ1) is 9.19. The molecule has 20 heavy (non-hydrogen) atoms. The van der Waals surface area contributed by atoms with E-state index in [4.69, 9.17) is 5.26 Å². The van der Waals surface area contributed by atoms with Gasteiger partial charge in [0.25, 0.3) is 5.69 Å². The number of rotatable bonds is 3. The van der Waals surface area contributed by atoms with Gasteiger partial charge in [0, 0.05) is 6.07 Å². The predicted molar refractivity (Wildman–Crippen MR) is 55.8 cm³/mol. The summed E-state index contributed by atoms with van der Waals surface area (Å²) in [5.74, 6) is -2.56. The van der Waals surface area contributed by atoms with Gasteiger partial charge in [-0.25, -0.2) is 4.79 Å². The Morgan fingerprint density at radius 3 is 2.45 bits per heavy atom. The highest BCUT2D eigenvalue weighted by atomic mass is 19.4. The van der Waals surface area contributed by atoms with Crippen molar-refractivity contribution >= 4 is 11.7 Å². The molecule has 1 aromatic rings. The highest BCUT2D eigenvalue weighted by Crippen LogP contribution is 2.34. The van der Waals surface area contributed by atoms with Gasteiger partial charge in [0.05, 0.1) is 23.7 Å². The van der Waals surface area contributed by atoms with E-state index in [2.05, 4.69) is 9.47 Å². The van der Waals surface area contributed by atoms with Crippen LogP contribution in [0.2, 0.25) is 0 Å². The first-order valence-electron chi connectivity index (χ1n) is 4.76. The van der Waals surface area contributed by atoms with Crippen molar-refractivity contribution in [3.8, 4) is 11.8 Å². The van der Waals surface area contributed by atoms with Gasteiger partial charge in [-0.3, -0.25) is 10.1 Å². The monoisotopic (exact) mass is 290 g/mol. The van der Waals surface area contributed by atoms with Gasteiger partial charge in [-0.05, 0) is 6.07 Å². The summed E-state index contributed by atoms with van der Waals surface area (Å²) in [6.45, 7) is 0. The fourth-order valence-electron chi connectivity index (χ4n) is 1.32. The lowest BCUT2D eigenvalue weighted by molar-refractivity contribution is -0.385. The zero-order valence-electron chi connectivity index (χ0n) is 9.72. The van der Waals surface area contributed by atoms with Gasteiger partial charge in [-0.1, -0.05) is 0 Å². The summed E-state index contributed by atoms with van der Waals surface area (Å²) in [6, 6.07) is 2.64. The fraction of sp³-hybridized carbons (Fsp3) is 0.200. The van der Waals surface area contributed by atoms with E-state index in [1.807, 2.05) is 0 Å².